The van der Waals surface area contributed by atoms with Crippen LogP contribution in [0.1, 0.15) is 63.0 Å². The van der Waals surface area contributed by atoms with Crippen molar-refractivity contribution < 1.29 is 5.32 Å². The fourth-order valence-corrected chi connectivity index (χ4v) is 3.74. The minimum absolute atomic E-state index is 0.121. The number of benzene rings is 2. The van der Waals surface area contributed by atoms with Gasteiger partial charge in [-0.25, -0.2) is 4.98 Å². The molecule has 4 nitrogen and oxygen atoms in total. The molecule has 0 radical (unpaired) electrons. The van der Waals surface area contributed by atoms with E-state index >= 15 is 0 Å². The van der Waals surface area contributed by atoms with Gasteiger partial charge < -0.3 is 10.3 Å². The average molecular weight is 399 g/mol. The zero-order chi connectivity index (χ0) is 20.3. The van der Waals surface area contributed by atoms with Gasteiger partial charge in [-0.3, -0.25) is 4.79 Å². The zero-order valence-corrected chi connectivity index (χ0v) is 17.8. The molecule has 1 aromatic heterocycles. The number of fused-ring (bicyclic) bond motifs is 1. The molecule has 3 aromatic rings. The number of aromatic amines is 1. The third-order valence-corrected chi connectivity index (χ3v) is 5.74. The molecule has 0 fully saturated rings. The summed E-state index contributed by atoms with van der Waals surface area (Å²) in [5.74, 6) is 1.70. The van der Waals surface area contributed by atoms with Crippen molar-refractivity contribution in [3.63, 3.8) is 0 Å². The highest BCUT2D eigenvalue weighted by Crippen LogP contribution is 2.23. The van der Waals surface area contributed by atoms with Gasteiger partial charge in [0.2, 0.25) is 0 Å². The van der Waals surface area contributed by atoms with Gasteiger partial charge in [0, 0.05) is 16.5 Å². The third-order valence-electron chi connectivity index (χ3n) is 5.50. The predicted molar refractivity (Wildman–Crippen MR) is 116 cm³/mol. The highest BCUT2D eigenvalue weighted by molar-refractivity contribution is 6.31. The van der Waals surface area contributed by atoms with E-state index in [1.54, 1.807) is 18.2 Å². The summed E-state index contributed by atoms with van der Waals surface area (Å²) < 4.78 is 0. The summed E-state index contributed by atoms with van der Waals surface area (Å²) >= 11 is 6.06. The van der Waals surface area contributed by atoms with Crippen molar-refractivity contribution in [2.75, 3.05) is 0 Å². The Morgan fingerprint density at radius 2 is 1.75 bits per heavy atom. The van der Waals surface area contributed by atoms with Crippen LogP contribution in [0.2, 0.25) is 5.02 Å². The van der Waals surface area contributed by atoms with Gasteiger partial charge in [-0.1, -0.05) is 63.6 Å². The number of hydrogen-bond donors (Lipinski definition) is 2. The summed E-state index contributed by atoms with van der Waals surface area (Å²) in [5, 5.41) is 3.40. The normalized spacial score (nSPS) is 13.8. The summed E-state index contributed by atoms with van der Waals surface area (Å²) in [4.78, 5) is 19.8. The summed E-state index contributed by atoms with van der Waals surface area (Å²) in [5.41, 5.74) is 3.20. The summed E-state index contributed by atoms with van der Waals surface area (Å²) in [6.07, 6.45) is 1.14. The Morgan fingerprint density at radius 1 is 1.07 bits per heavy atom. The fourth-order valence-electron chi connectivity index (χ4n) is 3.57. The highest BCUT2D eigenvalue weighted by atomic mass is 35.5. The number of rotatable bonds is 7. The molecule has 3 N–H and O–H groups in total. The minimum atomic E-state index is -0.121. The molecule has 0 aliphatic carbocycles. The molecule has 0 saturated carbocycles. The maximum Gasteiger partial charge on any atom is 0.258 e. The lowest BCUT2D eigenvalue weighted by molar-refractivity contribution is -0.718. The Morgan fingerprint density at radius 3 is 2.39 bits per heavy atom. The number of nitrogens with two attached hydrogens (primary N) is 1. The summed E-state index contributed by atoms with van der Waals surface area (Å²) in [6.45, 7) is 9.52. The summed E-state index contributed by atoms with van der Waals surface area (Å²) in [7, 11) is 0. The van der Waals surface area contributed by atoms with Gasteiger partial charge in [-0.15, -0.1) is 0 Å². The smallest absolute Gasteiger partial charge is 0.258 e. The van der Waals surface area contributed by atoms with Gasteiger partial charge in [0.1, 0.15) is 12.6 Å². The predicted octanol–water partition coefficient (Wildman–Crippen LogP) is 4.55. The maximum atomic E-state index is 12.3. The number of hydrogen-bond acceptors (Lipinski definition) is 2. The first-order chi connectivity index (χ1) is 13.4. The maximum absolute atomic E-state index is 12.3. The lowest BCUT2D eigenvalue weighted by Gasteiger charge is -2.20. The second-order valence-electron chi connectivity index (χ2n) is 7.86. The molecule has 28 heavy (non-hydrogen) atoms. The van der Waals surface area contributed by atoms with Gasteiger partial charge in [0.15, 0.2) is 5.82 Å². The van der Waals surface area contributed by atoms with Gasteiger partial charge >= 0.3 is 0 Å². The number of quaternary nitrogens is 1. The largest absolute Gasteiger partial charge is 0.334 e. The molecule has 0 spiro atoms. The second kappa shape index (κ2) is 8.89. The van der Waals surface area contributed by atoms with Crippen LogP contribution >= 0.6 is 11.6 Å². The molecule has 2 atom stereocenters. The zero-order valence-electron chi connectivity index (χ0n) is 17.0. The van der Waals surface area contributed by atoms with Crippen molar-refractivity contribution in [3.05, 3.63) is 74.8 Å². The molecule has 2 aromatic carbocycles. The van der Waals surface area contributed by atoms with Gasteiger partial charge in [0.25, 0.3) is 5.56 Å². The topological polar surface area (TPSA) is 62.4 Å². The van der Waals surface area contributed by atoms with E-state index in [4.69, 9.17) is 11.6 Å². The quantitative estimate of drug-likeness (QED) is 0.613. The summed E-state index contributed by atoms with van der Waals surface area (Å²) in [6, 6.07) is 14.4. The Hall–Kier alpha value is -2.17. The van der Waals surface area contributed by atoms with Crippen LogP contribution in [0, 0.1) is 5.92 Å². The molecule has 1 heterocycles. The van der Waals surface area contributed by atoms with E-state index in [0.29, 0.717) is 46.2 Å². The van der Waals surface area contributed by atoms with Gasteiger partial charge in [-0.2, -0.15) is 0 Å². The van der Waals surface area contributed by atoms with Crippen molar-refractivity contribution in [2.24, 2.45) is 5.92 Å². The molecular formula is C23H29ClN3O+. The molecule has 0 aliphatic rings. The van der Waals surface area contributed by atoms with Crippen molar-refractivity contribution in [1.82, 2.24) is 9.97 Å². The Labute approximate surface area is 171 Å². The molecule has 0 amide bonds. The molecule has 3 rings (SSSR count). The molecular weight excluding hydrogens is 370 g/mol. The number of halogens is 1. The molecule has 0 aliphatic heterocycles. The van der Waals surface area contributed by atoms with Crippen LogP contribution in [-0.2, 0) is 6.54 Å². The molecule has 5 heteroatoms. The van der Waals surface area contributed by atoms with Crippen LogP contribution in [0.15, 0.2) is 47.3 Å². The molecule has 0 bridgehead atoms. The van der Waals surface area contributed by atoms with E-state index in [9.17, 15) is 4.79 Å². The first-order valence-electron chi connectivity index (χ1n) is 10.0. The standard InChI is InChI=1S/C23H28ClN3O/c1-5-15(4)16-6-8-17(9-7-16)22(14(2)3)25-13-21-26-20-12-18(24)10-11-19(20)23(28)27-21/h6-12,14-15,22,25H,5,13H2,1-4H3,(H,26,27,28)/p+1/t15-,22-/m0/s1. The van der Waals surface area contributed by atoms with E-state index < -0.39 is 0 Å². The van der Waals surface area contributed by atoms with E-state index in [0.717, 1.165) is 6.42 Å². The number of nitrogens with zero attached hydrogens (tertiary/aromatic N) is 1. The number of H-pyrrole nitrogens is 1. The average Bonchev–Trinajstić information content (AvgIpc) is 2.67. The highest BCUT2D eigenvalue weighted by Gasteiger charge is 2.20. The van der Waals surface area contributed by atoms with Crippen molar-refractivity contribution in [1.29, 1.82) is 0 Å². The Balaban J connectivity index is 1.80. The lowest BCUT2D eigenvalue weighted by atomic mass is 9.92. The monoisotopic (exact) mass is 398 g/mol. The van der Waals surface area contributed by atoms with Crippen LogP contribution < -0.4 is 10.9 Å². The van der Waals surface area contributed by atoms with E-state index in [1.807, 2.05) is 0 Å². The minimum Gasteiger partial charge on any atom is -0.334 e. The number of nitrogens with one attached hydrogen (secondary N) is 1. The first kappa shape index (κ1) is 20.6. The van der Waals surface area contributed by atoms with Crippen LogP contribution in [-0.4, -0.2) is 9.97 Å². The lowest BCUT2D eigenvalue weighted by Crippen LogP contribution is -2.85. The van der Waals surface area contributed by atoms with Crippen molar-refractivity contribution in [3.8, 4) is 0 Å². The number of aromatic nitrogens is 2. The molecule has 148 valence electrons. The SMILES string of the molecule is CC[C@H](C)c1ccc([C@@H]([NH2+]Cc2nc3cc(Cl)ccc3c(=O)[nH]2)C(C)C)cc1. The van der Waals surface area contributed by atoms with Crippen molar-refractivity contribution >= 4 is 22.5 Å². The second-order valence-corrected chi connectivity index (χ2v) is 8.30. The third kappa shape index (κ3) is 4.62. The first-order valence-corrected chi connectivity index (χ1v) is 10.4. The van der Waals surface area contributed by atoms with Crippen LogP contribution in [0.3, 0.4) is 0 Å². The van der Waals surface area contributed by atoms with E-state index in [1.165, 1.54) is 11.1 Å². The van der Waals surface area contributed by atoms with Crippen LogP contribution in [0.5, 0.6) is 0 Å². The Bertz CT molecular complexity index is 995. The molecule has 0 unspecified atom stereocenters. The van der Waals surface area contributed by atoms with Gasteiger partial charge in [0.05, 0.1) is 10.9 Å². The van der Waals surface area contributed by atoms with E-state index in [-0.39, 0.29) is 5.56 Å². The molecule has 0 saturated heterocycles. The van der Waals surface area contributed by atoms with Crippen molar-refractivity contribution in [2.45, 2.75) is 52.6 Å². The fraction of sp³-hybridized carbons (Fsp3) is 0.391. The van der Waals surface area contributed by atoms with Gasteiger partial charge in [-0.05, 0) is 36.1 Å². The van der Waals surface area contributed by atoms with Crippen LogP contribution in [0.25, 0.3) is 10.9 Å². The van der Waals surface area contributed by atoms with Crippen LogP contribution in [0.4, 0.5) is 0 Å². The van der Waals surface area contributed by atoms with E-state index in [2.05, 4.69) is 67.2 Å². The Kier molecular flexibility index (Phi) is 6.53.